The van der Waals surface area contributed by atoms with Crippen molar-refractivity contribution in [2.45, 2.75) is 96.8 Å². The van der Waals surface area contributed by atoms with Crippen LogP contribution in [0.5, 0.6) is 5.75 Å². The molecule has 1 aromatic rings. The molecule has 0 amide bonds. The molecular formula is C26H37F3O2. The molecule has 2 aliphatic carbocycles. The molecule has 0 heterocycles. The van der Waals surface area contributed by atoms with Gasteiger partial charge < -0.3 is 4.74 Å². The number of hydrogen-bond acceptors (Lipinski definition) is 2. The highest BCUT2D eigenvalue weighted by Gasteiger charge is 2.29. The molecule has 2 nitrogen and oxygen atoms in total. The Labute approximate surface area is 184 Å². The van der Waals surface area contributed by atoms with E-state index in [1.807, 2.05) is 0 Å². The Bertz CT molecular complexity index is 682. The van der Waals surface area contributed by atoms with E-state index >= 15 is 0 Å². The molecule has 0 spiro atoms. The first-order valence-electron chi connectivity index (χ1n) is 12.3. The van der Waals surface area contributed by atoms with Crippen LogP contribution in [0.15, 0.2) is 12.1 Å². The Morgan fingerprint density at radius 1 is 0.806 bits per heavy atom. The maximum Gasteiger partial charge on any atom is 0.314 e. The van der Waals surface area contributed by atoms with Gasteiger partial charge in [-0.15, -0.1) is 0 Å². The number of unbranched alkanes of at least 4 members (excludes halogenated alkanes) is 2. The van der Waals surface area contributed by atoms with E-state index in [2.05, 4.69) is 6.92 Å². The van der Waals surface area contributed by atoms with Gasteiger partial charge in [-0.25, -0.2) is 13.2 Å². The van der Waals surface area contributed by atoms with E-state index in [1.165, 1.54) is 64.2 Å². The molecule has 0 atom stereocenters. The van der Waals surface area contributed by atoms with Gasteiger partial charge in [0.2, 0.25) is 0 Å². The summed E-state index contributed by atoms with van der Waals surface area (Å²) in [5, 5.41) is 0. The third-order valence-corrected chi connectivity index (χ3v) is 7.52. The first-order valence-corrected chi connectivity index (χ1v) is 12.3. The standard InChI is InChI=1S/C26H37F3O2/c1-2-3-4-5-18-6-8-19(9-7-18)10-11-20-12-14-21(15-13-20)26(30)31-22-16-23(27)25(29)24(28)17-22/h16-21H,2-15H2,1H3/t18-,19-,20-,21-. The highest BCUT2D eigenvalue weighted by atomic mass is 19.2. The number of benzene rings is 1. The maximum absolute atomic E-state index is 13.3. The number of ether oxygens (including phenoxy) is 1. The topological polar surface area (TPSA) is 26.3 Å². The largest absolute Gasteiger partial charge is 0.426 e. The lowest BCUT2D eigenvalue weighted by Gasteiger charge is -2.31. The van der Waals surface area contributed by atoms with Crippen LogP contribution < -0.4 is 4.74 Å². The van der Waals surface area contributed by atoms with Crippen molar-refractivity contribution in [1.82, 2.24) is 0 Å². The van der Waals surface area contributed by atoms with Crippen molar-refractivity contribution in [2.24, 2.45) is 23.7 Å². The lowest BCUT2D eigenvalue weighted by molar-refractivity contribution is -0.140. The molecule has 2 fully saturated rings. The summed E-state index contributed by atoms with van der Waals surface area (Å²) in [4.78, 5) is 12.4. The minimum absolute atomic E-state index is 0.244. The average Bonchev–Trinajstić information content (AvgIpc) is 2.77. The fourth-order valence-corrected chi connectivity index (χ4v) is 5.44. The summed E-state index contributed by atoms with van der Waals surface area (Å²) in [7, 11) is 0. The Kier molecular flexibility index (Phi) is 9.28. The number of esters is 1. The molecule has 2 saturated carbocycles. The van der Waals surface area contributed by atoms with Crippen LogP contribution in [0.4, 0.5) is 13.2 Å². The zero-order chi connectivity index (χ0) is 22.2. The van der Waals surface area contributed by atoms with Crippen LogP contribution in [0, 0.1) is 41.1 Å². The smallest absolute Gasteiger partial charge is 0.314 e. The lowest BCUT2D eigenvalue weighted by atomic mass is 9.75. The van der Waals surface area contributed by atoms with Crippen LogP contribution in [0.2, 0.25) is 0 Å². The minimum atomic E-state index is -1.55. The minimum Gasteiger partial charge on any atom is -0.426 e. The van der Waals surface area contributed by atoms with E-state index < -0.39 is 23.4 Å². The summed E-state index contributed by atoms with van der Waals surface area (Å²) in [5.41, 5.74) is 0. The second-order valence-electron chi connectivity index (χ2n) is 9.80. The first kappa shape index (κ1) is 24.1. The number of carbonyl (C=O) groups is 1. The molecule has 31 heavy (non-hydrogen) atoms. The van der Waals surface area contributed by atoms with Crippen LogP contribution in [0.3, 0.4) is 0 Å². The molecule has 2 aliphatic rings. The SMILES string of the molecule is CCCCC[C@H]1CC[C@H](CC[C@H]2CC[C@H](C(=O)Oc3cc(F)c(F)c(F)c3)CC2)CC1. The molecular weight excluding hydrogens is 401 g/mol. The van der Waals surface area contributed by atoms with Gasteiger partial charge >= 0.3 is 5.97 Å². The van der Waals surface area contributed by atoms with E-state index in [0.29, 0.717) is 5.92 Å². The fraction of sp³-hybridized carbons (Fsp3) is 0.731. The Morgan fingerprint density at radius 2 is 1.29 bits per heavy atom. The second kappa shape index (κ2) is 11.9. The van der Waals surface area contributed by atoms with Gasteiger partial charge in [-0.2, -0.15) is 0 Å². The summed E-state index contributed by atoms with van der Waals surface area (Å²) >= 11 is 0. The van der Waals surface area contributed by atoms with E-state index in [0.717, 1.165) is 49.7 Å². The molecule has 0 aliphatic heterocycles. The maximum atomic E-state index is 13.3. The van der Waals surface area contributed by atoms with Crippen molar-refractivity contribution in [3.8, 4) is 5.75 Å². The van der Waals surface area contributed by atoms with Gasteiger partial charge in [0, 0.05) is 12.1 Å². The number of hydrogen-bond donors (Lipinski definition) is 0. The molecule has 0 aromatic heterocycles. The van der Waals surface area contributed by atoms with Gasteiger partial charge in [0.25, 0.3) is 0 Å². The third-order valence-electron chi connectivity index (χ3n) is 7.52. The van der Waals surface area contributed by atoms with Crippen molar-refractivity contribution < 1.29 is 22.7 Å². The fourth-order valence-electron chi connectivity index (χ4n) is 5.44. The predicted octanol–water partition coefficient (Wildman–Crippen LogP) is 7.98. The Balaban J connectivity index is 1.33. The van der Waals surface area contributed by atoms with Crippen molar-refractivity contribution in [1.29, 1.82) is 0 Å². The molecule has 5 heteroatoms. The number of halogens is 3. The third kappa shape index (κ3) is 7.25. The van der Waals surface area contributed by atoms with Gasteiger partial charge in [0.05, 0.1) is 5.92 Å². The molecule has 174 valence electrons. The average molecular weight is 439 g/mol. The van der Waals surface area contributed by atoms with Crippen LogP contribution in [0.1, 0.15) is 96.8 Å². The van der Waals surface area contributed by atoms with Crippen LogP contribution >= 0.6 is 0 Å². The van der Waals surface area contributed by atoms with Gasteiger partial charge in [-0.1, -0.05) is 71.1 Å². The zero-order valence-corrected chi connectivity index (χ0v) is 18.8. The van der Waals surface area contributed by atoms with Crippen LogP contribution in [-0.2, 0) is 4.79 Å². The normalized spacial score (nSPS) is 26.6. The van der Waals surface area contributed by atoms with Gasteiger partial charge in [-0.05, 0) is 43.4 Å². The second-order valence-corrected chi connectivity index (χ2v) is 9.80. The summed E-state index contributed by atoms with van der Waals surface area (Å²) in [5.74, 6) is -2.74. The van der Waals surface area contributed by atoms with E-state index in [1.54, 1.807) is 0 Å². The Hall–Kier alpha value is -1.52. The lowest BCUT2D eigenvalue weighted by Crippen LogP contribution is -2.26. The zero-order valence-electron chi connectivity index (χ0n) is 18.8. The molecule has 0 saturated heterocycles. The molecule has 0 N–H and O–H groups in total. The summed E-state index contributed by atoms with van der Waals surface area (Å²) < 4.78 is 44.8. The molecule has 3 rings (SSSR count). The van der Waals surface area contributed by atoms with Crippen molar-refractivity contribution in [2.75, 3.05) is 0 Å². The first-order chi connectivity index (χ1) is 15.0. The molecule has 0 radical (unpaired) electrons. The van der Waals surface area contributed by atoms with Crippen molar-refractivity contribution >= 4 is 5.97 Å². The van der Waals surface area contributed by atoms with Gasteiger partial charge in [0.15, 0.2) is 17.5 Å². The number of rotatable bonds is 9. The predicted molar refractivity (Wildman–Crippen MR) is 116 cm³/mol. The molecule has 1 aromatic carbocycles. The van der Waals surface area contributed by atoms with Crippen LogP contribution in [0.25, 0.3) is 0 Å². The van der Waals surface area contributed by atoms with Crippen LogP contribution in [-0.4, -0.2) is 5.97 Å². The molecule has 0 bridgehead atoms. The Morgan fingerprint density at radius 3 is 1.81 bits per heavy atom. The summed E-state index contributed by atoms with van der Waals surface area (Å²) in [6.45, 7) is 2.26. The van der Waals surface area contributed by atoms with E-state index in [9.17, 15) is 18.0 Å². The monoisotopic (exact) mass is 438 g/mol. The van der Waals surface area contributed by atoms with E-state index in [-0.39, 0.29) is 11.7 Å². The van der Waals surface area contributed by atoms with Gasteiger partial charge in [-0.3, -0.25) is 4.79 Å². The van der Waals surface area contributed by atoms with Crippen molar-refractivity contribution in [3.05, 3.63) is 29.6 Å². The number of carbonyl (C=O) groups excluding carboxylic acids is 1. The van der Waals surface area contributed by atoms with Crippen molar-refractivity contribution in [3.63, 3.8) is 0 Å². The molecule has 0 unspecified atom stereocenters. The summed E-state index contributed by atoms with van der Waals surface area (Å²) in [6, 6.07) is 1.45. The summed E-state index contributed by atoms with van der Waals surface area (Å²) in [6.07, 6.45) is 17.1. The highest BCUT2D eigenvalue weighted by Crippen LogP contribution is 2.38. The van der Waals surface area contributed by atoms with Gasteiger partial charge in [0.1, 0.15) is 5.75 Å². The highest BCUT2D eigenvalue weighted by molar-refractivity contribution is 5.75. The van der Waals surface area contributed by atoms with E-state index in [4.69, 9.17) is 4.74 Å². The quantitative estimate of drug-likeness (QED) is 0.169.